The average molecular weight is 267 g/mol. The largest absolute Gasteiger partial charge is 0.493 e. The Kier molecular flexibility index (Phi) is 4.03. The van der Waals surface area contributed by atoms with E-state index in [0.29, 0.717) is 11.8 Å². The second-order valence-electron chi connectivity index (χ2n) is 5.57. The molecular weight excluding hydrogens is 246 g/mol. The molecule has 0 spiro atoms. The van der Waals surface area contributed by atoms with Crippen LogP contribution in [0.1, 0.15) is 23.5 Å². The zero-order chi connectivity index (χ0) is 13.8. The molecule has 3 rings (SSSR count). The van der Waals surface area contributed by atoms with E-state index in [4.69, 9.17) is 10.5 Å². The van der Waals surface area contributed by atoms with E-state index in [1.54, 1.807) is 0 Å². The molecule has 0 saturated heterocycles. The second-order valence-corrected chi connectivity index (χ2v) is 5.57. The molecule has 2 aromatic rings. The minimum atomic E-state index is 0.489. The van der Waals surface area contributed by atoms with Crippen LogP contribution in [0, 0.1) is 5.92 Å². The van der Waals surface area contributed by atoms with Crippen molar-refractivity contribution in [2.75, 3.05) is 13.2 Å². The number of hydrogen-bond acceptors (Lipinski definition) is 2. The minimum absolute atomic E-state index is 0.489. The monoisotopic (exact) mass is 267 g/mol. The van der Waals surface area contributed by atoms with E-state index in [9.17, 15) is 0 Å². The molecule has 1 aliphatic heterocycles. The highest BCUT2D eigenvalue weighted by molar-refractivity contribution is 5.39. The molecule has 0 aliphatic carbocycles. The van der Waals surface area contributed by atoms with Crippen LogP contribution in [0.15, 0.2) is 54.6 Å². The molecule has 0 saturated carbocycles. The Morgan fingerprint density at radius 2 is 1.80 bits per heavy atom. The van der Waals surface area contributed by atoms with Crippen molar-refractivity contribution >= 4 is 0 Å². The molecule has 2 aromatic carbocycles. The third-order valence-corrected chi connectivity index (χ3v) is 4.12. The van der Waals surface area contributed by atoms with Crippen LogP contribution in [0.4, 0.5) is 0 Å². The van der Waals surface area contributed by atoms with Crippen LogP contribution in [0.2, 0.25) is 0 Å². The Labute approximate surface area is 120 Å². The van der Waals surface area contributed by atoms with Crippen molar-refractivity contribution in [1.82, 2.24) is 0 Å². The molecule has 2 unspecified atom stereocenters. The molecule has 1 heterocycles. The van der Waals surface area contributed by atoms with Crippen LogP contribution < -0.4 is 10.5 Å². The quantitative estimate of drug-likeness (QED) is 0.901. The zero-order valence-corrected chi connectivity index (χ0v) is 11.7. The van der Waals surface area contributed by atoms with E-state index in [0.717, 1.165) is 31.7 Å². The summed E-state index contributed by atoms with van der Waals surface area (Å²) < 4.78 is 5.77. The van der Waals surface area contributed by atoms with Crippen molar-refractivity contribution in [3.05, 3.63) is 65.7 Å². The predicted molar refractivity (Wildman–Crippen MR) is 82.0 cm³/mol. The highest BCUT2D eigenvalue weighted by Gasteiger charge is 2.26. The lowest BCUT2D eigenvalue weighted by atomic mass is 9.87. The standard InChI is InChI=1S/C18H21NO/c19-12-15(10-14-6-2-1-3-7-14)11-16-13-20-18-9-5-4-8-17(16)18/h1-9,15-16H,10-13,19H2. The van der Waals surface area contributed by atoms with Crippen molar-refractivity contribution in [3.8, 4) is 5.75 Å². The van der Waals surface area contributed by atoms with E-state index < -0.39 is 0 Å². The summed E-state index contributed by atoms with van der Waals surface area (Å²) in [6.07, 6.45) is 2.15. The van der Waals surface area contributed by atoms with Gasteiger partial charge in [-0.05, 0) is 36.9 Å². The van der Waals surface area contributed by atoms with Gasteiger partial charge in [-0.15, -0.1) is 0 Å². The molecule has 2 atom stereocenters. The molecule has 2 N–H and O–H groups in total. The second kappa shape index (κ2) is 6.10. The van der Waals surface area contributed by atoms with E-state index >= 15 is 0 Å². The summed E-state index contributed by atoms with van der Waals surface area (Å²) >= 11 is 0. The van der Waals surface area contributed by atoms with Gasteiger partial charge in [0, 0.05) is 11.5 Å². The van der Waals surface area contributed by atoms with Gasteiger partial charge in [0.05, 0.1) is 6.61 Å². The van der Waals surface area contributed by atoms with Gasteiger partial charge in [0.2, 0.25) is 0 Å². The maximum absolute atomic E-state index is 5.98. The number of hydrogen-bond donors (Lipinski definition) is 1. The van der Waals surface area contributed by atoms with Gasteiger partial charge >= 0.3 is 0 Å². The van der Waals surface area contributed by atoms with Gasteiger partial charge in [-0.25, -0.2) is 0 Å². The van der Waals surface area contributed by atoms with Crippen LogP contribution in [-0.2, 0) is 6.42 Å². The molecule has 20 heavy (non-hydrogen) atoms. The Hall–Kier alpha value is -1.80. The molecule has 0 amide bonds. The first-order valence-electron chi connectivity index (χ1n) is 7.32. The van der Waals surface area contributed by atoms with Crippen molar-refractivity contribution < 1.29 is 4.74 Å². The lowest BCUT2D eigenvalue weighted by Crippen LogP contribution is -2.20. The number of benzene rings is 2. The molecule has 0 bridgehead atoms. The fourth-order valence-corrected chi connectivity index (χ4v) is 3.04. The number of nitrogens with two attached hydrogens (primary N) is 1. The Balaban J connectivity index is 1.67. The van der Waals surface area contributed by atoms with Crippen LogP contribution in [0.3, 0.4) is 0 Å². The van der Waals surface area contributed by atoms with Gasteiger partial charge in [0.1, 0.15) is 5.75 Å². The van der Waals surface area contributed by atoms with Gasteiger partial charge in [0.15, 0.2) is 0 Å². The van der Waals surface area contributed by atoms with Crippen LogP contribution >= 0.6 is 0 Å². The molecule has 0 aromatic heterocycles. The average Bonchev–Trinajstić information content (AvgIpc) is 2.91. The maximum Gasteiger partial charge on any atom is 0.122 e. The first-order valence-corrected chi connectivity index (χ1v) is 7.32. The molecule has 0 radical (unpaired) electrons. The van der Waals surface area contributed by atoms with Gasteiger partial charge in [-0.3, -0.25) is 0 Å². The SMILES string of the molecule is NCC(Cc1ccccc1)CC1COc2ccccc21. The van der Waals surface area contributed by atoms with E-state index in [1.807, 2.05) is 6.07 Å². The van der Waals surface area contributed by atoms with E-state index in [2.05, 4.69) is 48.5 Å². The molecule has 2 heteroatoms. The first-order chi connectivity index (χ1) is 9.86. The van der Waals surface area contributed by atoms with Gasteiger partial charge in [-0.1, -0.05) is 48.5 Å². The molecular formula is C18H21NO. The highest BCUT2D eigenvalue weighted by Crippen LogP contribution is 2.37. The minimum Gasteiger partial charge on any atom is -0.493 e. The fourth-order valence-electron chi connectivity index (χ4n) is 3.04. The first kappa shape index (κ1) is 13.2. The predicted octanol–water partition coefficient (Wildman–Crippen LogP) is 3.37. The zero-order valence-electron chi connectivity index (χ0n) is 11.7. The summed E-state index contributed by atoms with van der Waals surface area (Å²) in [6, 6.07) is 19.0. The van der Waals surface area contributed by atoms with E-state index in [-0.39, 0.29) is 0 Å². The normalized spacial score (nSPS) is 18.4. The van der Waals surface area contributed by atoms with Crippen molar-refractivity contribution in [2.45, 2.75) is 18.8 Å². The van der Waals surface area contributed by atoms with Crippen LogP contribution in [0.5, 0.6) is 5.75 Å². The third kappa shape index (κ3) is 2.86. The highest BCUT2D eigenvalue weighted by atomic mass is 16.5. The van der Waals surface area contributed by atoms with Crippen molar-refractivity contribution in [1.29, 1.82) is 0 Å². The Bertz CT molecular complexity index is 552. The summed E-state index contributed by atoms with van der Waals surface area (Å²) in [5, 5.41) is 0. The van der Waals surface area contributed by atoms with Crippen molar-refractivity contribution in [2.24, 2.45) is 11.7 Å². The molecule has 0 fully saturated rings. The topological polar surface area (TPSA) is 35.2 Å². The lowest BCUT2D eigenvalue weighted by molar-refractivity contribution is 0.306. The van der Waals surface area contributed by atoms with Gasteiger partial charge in [0.25, 0.3) is 0 Å². The fraction of sp³-hybridized carbons (Fsp3) is 0.333. The summed E-state index contributed by atoms with van der Waals surface area (Å²) in [5.41, 5.74) is 8.69. The van der Waals surface area contributed by atoms with Crippen LogP contribution in [0.25, 0.3) is 0 Å². The number of rotatable bonds is 5. The molecule has 2 nitrogen and oxygen atoms in total. The smallest absolute Gasteiger partial charge is 0.122 e. The number of para-hydroxylation sites is 1. The summed E-state index contributed by atoms with van der Waals surface area (Å²) in [7, 11) is 0. The maximum atomic E-state index is 5.98. The number of fused-ring (bicyclic) bond motifs is 1. The third-order valence-electron chi connectivity index (χ3n) is 4.12. The summed E-state index contributed by atoms with van der Waals surface area (Å²) in [4.78, 5) is 0. The van der Waals surface area contributed by atoms with E-state index in [1.165, 1.54) is 11.1 Å². The summed E-state index contributed by atoms with van der Waals surface area (Å²) in [6.45, 7) is 1.53. The van der Waals surface area contributed by atoms with Gasteiger partial charge < -0.3 is 10.5 Å². The van der Waals surface area contributed by atoms with Gasteiger partial charge in [-0.2, -0.15) is 0 Å². The number of ether oxygens (including phenoxy) is 1. The Morgan fingerprint density at radius 3 is 2.60 bits per heavy atom. The lowest BCUT2D eigenvalue weighted by Gasteiger charge is -2.18. The van der Waals surface area contributed by atoms with Crippen molar-refractivity contribution in [3.63, 3.8) is 0 Å². The summed E-state index contributed by atoms with van der Waals surface area (Å²) in [5.74, 6) is 2.05. The molecule has 1 aliphatic rings. The Morgan fingerprint density at radius 1 is 1.05 bits per heavy atom. The van der Waals surface area contributed by atoms with Crippen LogP contribution in [-0.4, -0.2) is 13.2 Å². The molecule has 104 valence electrons.